The van der Waals surface area contributed by atoms with Crippen LogP contribution in [0.3, 0.4) is 0 Å². The summed E-state index contributed by atoms with van der Waals surface area (Å²) >= 11 is 0. The Bertz CT molecular complexity index is 839. The molecule has 152 valence electrons. The minimum atomic E-state index is -3.12. The van der Waals surface area contributed by atoms with Crippen molar-refractivity contribution in [3.05, 3.63) is 35.4 Å². The van der Waals surface area contributed by atoms with Crippen LogP contribution in [0.2, 0.25) is 0 Å². The molecule has 4 aliphatic rings. The van der Waals surface area contributed by atoms with Gasteiger partial charge in [-0.25, -0.2) is 13.2 Å². The van der Waals surface area contributed by atoms with Crippen LogP contribution in [0.1, 0.15) is 54.4 Å². The zero-order valence-electron chi connectivity index (χ0n) is 16.1. The summed E-state index contributed by atoms with van der Waals surface area (Å²) in [5.41, 5.74) is 0.824. The third kappa shape index (κ3) is 4.40. The van der Waals surface area contributed by atoms with Crippen molar-refractivity contribution in [3.63, 3.8) is 0 Å². The topological polar surface area (TPSA) is 89.5 Å². The van der Waals surface area contributed by atoms with Crippen LogP contribution < -0.4 is 5.32 Å². The molecule has 0 radical (unpaired) electrons. The maximum Gasteiger partial charge on any atom is 0.338 e. The lowest BCUT2D eigenvalue weighted by molar-refractivity contribution is -0.130. The molecule has 0 aromatic heterocycles. The van der Waals surface area contributed by atoms with E-state index in [4.69, 9.17) is 4.74 Å². The Labute approximate surface area is 165 Å². The van der Waals surface area contributed by atoms with E-state index in [1.807, 2.05) is 0 Å². The zero-order valence-corrected chi connectivity index (χ0v) is 17.0. The summed E-state index contributed by atoms with van der Waals surface area (Å²) in [5.74, 6) is 1.32. The van der Waals surface area contributed by atoms with Crippen LogP contribution in [-0.4, -0.2) is 38.7 Å². The summed E-state index contributed by atoms with van der Waals surface area (Å²) in [7, 11) is -3.12. The molecule has 4 saturated carbocycles. The molecular weight excluding hydrogens is 378 g/mol. The van der Waals surface area contributed by atoms with Crippen molar-refractivity contribution in [1.29, 1.82) is 0 Å². The van der Waals surface area contributed by atoms with Gasteiger partial charge in [-0.1, -0.05) is 12.1 Å². The van der Waals surface area contributed by atoms with E-state index >= 15 is 0 Å². The zero-order chi connectivity index (χ0) is 19.9. The molecule has 0 spiro atoms. The van der Waals surface area contributed by atoms with E-state index in [0.717, 1.165) is 43.3 Å². The Morgan fingerprint density at radius 1 is 1.04 bits per heavy atom. The van der Waals surface area contributed by atoms with Gasteiger partial charge in [0.1, 0.15) is 0 Å². The highest BCUT2D eigenvalue weighted by molar-refractivity contribution is 7.89. The molecular formula is C21H27NO5S. The molecule has 7 heteroatoms. The number of amides is 1. The van der Waals surface area contributed by atoms with Crippen LogP contribution in [0.15, 0.2) is 24.3 Å². The van der Waals surface area contributed by atoms with Crippen molar-refractivity contribution >= 4 is 21.7 Å². The summed E-state index contributed by atoms with van der Waals surface area (Å²) in [4.78, 5) is 24.6. The molecule has 0 saturated heterocycles. The van der Waals surface area contributed by atoms with E-state index in [0.29, 0.717) is 11.1 Å². The fraction of sp³-hybridized carbons (Fsp3) is 0.619. The lowest BCUT2D eigenvalue weighted by atomic mass is 9.53. The van der Waals surface area contributed by atoms with Gasteiger partial charge in [0.2, 0.25) is 0 Å². The molecule has 1 N–H and O–H groups in total. The summed E-state index contributed by atoms with van der Waals surface area (Å²) in [6.45, 7) is -0.286. The number of benzene rings is 1. The van der Waals surface area contributed by atoms with Crippen molar-refractivity contribution in [2.75, 3.05) is 12.9 Å². The highest BCUT2D eigenvalue weighted by atomic mass is 32.2. The Morgan fingerprint density at radius 3 is 2.07 bits per heavy atom. The number of nitrogens with one attached hydrogen (secondary N) is 1. The second-order valence-corrected chi connectivity index (χ2v) is 11.2. The maximum absolute atomic E-state index is 12.4. The molecule has 0 unspecified atom stereocenters. The minimum absolute atomic E-state index is 0.0736. The Morgan fingerprint density at radius 2 is 1.57 bits per heavy atom. The summed E-state index contributed by atoms with van der Waals surface area (Å²) in [6.07, 6.45) is 8.25. The monoisotopic (exact) mass is 405 g/mol. The standard InChI is InChI=1S/C21H27NO5S/c1-28(25,26)13-14-2-4-18(5-3-14)20(24)27-12-19(23)22-21-9-15-6-16(10-21)8-17(7-15)11-21/h2-5,15-17H,6-13H2,1H3,(H,22,23). The molecule has 6 nitrogen and oxygen atoms in total. The predicted octanol–water partition coefficient (Wildman–Crippen LogP) is 2.47. The lowest BCUT2D eigenvalue weighted by Gasteiger charge is -2.56. The number of sulfone groups is 1. The first-order valence-electron chi connectivity index (χ1n) is 9.94. The molecule has 1 aromatic carbocycles. The van der Waals surface area contributed by atoms with Crippen molar-refractivity contribution in [2.24, 2.45) is 17.8 Å². The first kappa shape index (κ1) is 19.4. The molecule has 4 aliphatic carbocycles. The van der Waals surface area contributed by atoms with Gasteiger partial charge in [-0.15, -0.1) is 0 Å². The highest BCUT2D eigenvalue weighted by Crippen LogP contribution is 2.55. The maximum atomic E-state index is 12.4. The number of rotatable bonds is 6. The summed E-state index contributed by atoms with van der Waals surface area (Å²) < 4.78 is 27.8. The molecule has 1 aromatic rings. The number of carbonyl (C=O) groups excluding carboxylic acids is 2. The van der Waals surface area contributed by atoms with Gasteiger partial charge >= 0.3 is 5.97 Å². The normalized spacial score (nSPS) is 30.8. The number of carbonyl (C=O) groups is 2. The highest BCUT2D eigenvalue weighted by Gasteiger charge is 2.51. The first-order chi connectivity index (χ1) is 13.2. The second kappa shape index (κ2) is 7.17. The second-order valence-electron chi connectivity index (χ2n) is 9.09. The number of esters is 1. The van der Waals surface area contributed by atoms with Gasteiger partial charge in [-0.2, -0.15) is 0 Å². The van der Waals surface area contributed by atoms with Crippen molar-refractivity contribution in [2.45, 2.75) is 49.8 Å². The summed E-state index contributed by atoms with van der Waals surface area (Å²) in [6, 6.07) is 6.24. The SMILES string of the molecule is CS(=O)(=O)Cc1ccc(C(=O)OCC(=O)NC23CC4CC(CC(C4)C2)C3)cc1. The van der Waals surface area contributed by atoms with E-state index in [1.165, 1.54) is 31.4 Å². The lowest BCUT2D eigenvalue weighted by Crippen LogP contribution is -2.60. The molecule has 0 aliphatic heterocycles. The quantitative estimate of drug-likeness (QED) is 0.735. The van der Waals surface area contributed by atoms with Crippen molar-refractivity contribution < 1.29 is 22.7 Å². The fourth-order valence-electron chi connectivity index (χ4n) is 5.85. The van der Waals surface area contributed by atoms with Crippen molar-refractivity contribution in [1.82, 2.24) is 5.32 Å². The first-order valence-corrected chi connectivity index (χ1v) is 12.0. The number of hydrogen-bond donors (Lipinski definition) is 1. The number of ether oxygens (including phenoxy) is 1. The van der Waals surface area contributed by atoms with Gasteiger partial charge in [-0.3, -0.25) is 4.79 Å². The van der Waals surface area contributed by atoms with E-state index in [2.05, 4.69) is 5.32 Å². The van der Waals surface area contributed by atoms with Crippen molar-refractivity contribution in [3.8, 4) is 0 Å². The van der Waals surface area contributed by atoms with Crippen LogP contribution in [0.4, 0.5) is 0 Å². The van der Waals surface area contributed by atoms with E-state index in [1.54, 1.807) is 12.1 Å². The van der Waals surface area contributed by atoms with Gasteiger partial charge in [0, 0.05) is 11.8 Å². The van der Waals surface area contributed by atoms with Gasteiger partial charge in [0.15, 0.2) is 16.4 Å². The van der Waals surface area contributed by atoms with E-state index in [-0.39, 0.29) is 23.8 Å². The van der Waals surface area contributed by atoms with Gasteiger partial charge in [0.05, 0.1) is 11.3 Å². The van der Waals surface area contributed by atoms with Crippen LogP contribution in [0.25, 0.3) is 0 Å². The van der Waals surface area contributed by atoms with Crippen LogP contribution in [-0.2, 0) is 25.1 Å². The predicted molar refractivity (Wildman–Crippen MR) is 104 cm³/mol. The molecule has 4 bridgehead atoms. The Hall–Kier alpha value is -1.89. The minimum Gasteiger partial charge on any atom is -0.452 e. The van der Waals surface area contributed by atoms with Gasteiger partial charge in [0.25, 0.3) is 5.91 Å². The third-order valence-corrected chi connectivity index (χ3v) is 7.25. The van der Waals surface area contributed by atoms with E-state index < -0.39 is 15.8 Å². The fourth-order valence-corrected chi connectivity index (χ4v) is 6.65. The smallest absolute Gasteiger partial charge is 0.338 e. The number of hydrogen-bond acceptors (Lipinski definition) is 5. The largest absolute Gasteiger partial charge is 0.452 e. The average Bonchev–Trinajstić information content (AvgIpc) is 2.57. The molecule has 28 heavy (non-hydrogen) atoms. The average molecular weight is 406 g/mol. The van der Waals surface area contributed by atoms with Crippen LogP contribution in [0, 0.1) is 17.8 Å². The Balaban J connectivity index is 1.29. The van der Waals surface area contributed by atoms with Crippen LogP contribution in [0.5, 0.6) is 0 Å². The summed E-state index contributed by atoms with van der Waals surface area (Å²) in [5, 5.41) is 3.18. The van der Waals surface area contributed by atoms with Gasteiger partial charge in [-0.05, 0) is 74.0 Å². The van der Waals surface area contributed by atoms with E-state index in [9.17, 15) is 18.0 Å². The third-order valence-electron chi connectivity index (χ3n) is 6.40. The van der Waals surface area contributed by atoms with Crippen LogP contribution >= 0.6 is 0 Å². The molecule has 0 heterocycles. The molecule has 0 atom stereocenters. The molecule has 4 fully saturated rings. The molecule has 1 amide bonds. The van der Waals surface area contributed by atoms with Gasteiger partial charge < -0.3 is 10.1 Å². The Kier molecular flexibility index (Phi) is 4.98. The molecule has 5 rings (SSSR count).